The maximum absolute atomic E-state index is 14.1. The fourth-order valence-corrected chi connectivity index (χ4v) is 14.7. The molecule has 7 aliphatic carbocycles. The van der Waals surface area contributed by atoms with Gasteiger partial charge in [0.05, 0.1) is 23.3 Å². The number of hydrogen-bond donors (Lipinski definition) is 3. The molecule has 0 heterocycles. The Kier molecular flexibility index (Phi) is 10.0. The molecule has 304 valence electrons. The Balaban J connectivity index is 1.13. The molecule has 7 aliphatic rings. The number of nitrogens with one attached hydrogen (secondary N) is 1. The first kappa shape index (κ1) is 40.7. The van der Waals surface area contributed by atoms with Crippen LogP contribution in [0.2, 0.25) is 0 Å². The fraction of sp³-hybridized carbons (Fsp3) is 0.783. The van der Waals surface area contributed by atoms with Crippen molar-refractivity contribution in [1.29, 1.82) is 0 Å². The molecular formula is C46H66ClNO7. The fourth-order valence-electron chi connectivity index (χ4n) is 14.5. The number of amides is 1. The van der Waals surface area contributed by atoms with Gasteiger partial charge in [0.1, 0.15) is 6.10 Å². The number of halogens is 1. The van der Waals surface area contributed by atoms with E-state index in [0.717, 1.165) is 56.9 Å². The summed E-state index contributed by atoms with van der Waals surface area (Å²) < 4.78 is 6.40. The zero-order valence-corrected chi connectivity index (χ0v) is 35.5. The van der Waals surface area contributed by atoms with Gasteiger partial charge < -0.3 is 20.3 Å². The van der Waals surface area contributed by atoms with Crippen LogP contribution in [0.3, 0.4) is 0 Å². The third-order valence-electron chi connectivity index (χ3n) is 17.9. The molecule has 5 saturated carbocycles. The number of alkyl halides is 1. The van der Waals surface area contributed by atoms with Gasteiger partial charge >= 0.3 is 11.9 Å². The normalized spacial score (nSPS) is 43.2. The summed E-state index contributed by atoms with van der Waals surface area (Å²) in [6.07, 6.45) is 13.1. The van der Waals surface area contributed by atoms with Gasteiger partial charge in [0.15, 0.2) is 5.78 Å². The zero-order valence-electron chi connectivity index (χ0n) is 34.7. The van der Waals surface area contributed by atoms with Crippen molar-refractivity contribution in [2.75, 3.05) is 6.54 Å². The second-order valence-electron chi connectivity index (χ2n) is 21.1. The number of hydrogen-bond acceptors (Lipinski definition) is 6. The number of esters is 1. The van der Waals surface area contributed by atoms with Gasteiger partial charge in [-0.25, -0.2) is 0 Å². The first-order chi connectivity index (χ1) is 25.6. The topological polar surface area (TPSA) is 130 Å². The molecule has 0 aromatic rings. The Hall–Kier alpha value is -2.45. The quantitative estimate of drug-likeness (QED) is 0.166. The van der Waals surface area contributed by atoms with Gasteiger partial charge in [-0.15, -0.1) is 11.6 Å². The van der Waals surface area contributed by atoms with Gasteiger partial charge in [0.25, 0.3) is 5.91 Å². The third kappa shape index (κ3) is 5.89. The van der Waals surface area contributed by atoms with E-state index in [9.17, 15) is 29.4 Å². The molecule has 0 saturated heterocycles. The SMILES string of the molecule is CC(C)C1=C2[C@H]3CC[C@@H]4C5(C)CCC(OC(=O)[C@@H]6CC(C(=O)O)C6(C)C)C(C)(C)C5CCC4(C)[C@]3(C)CC[C@@]2([C@@H](O)CNC(=O)C2=CCC(Cl)C=C2)CC1=O. The summed E-state index contributed by atoms with van der Waals surface area (Å²) in [5.41, 5.74) is 1.11. The molecule has 0 aromatic carbocycles. The number of allylic oxidation sites excluding steroid dienone is 3. The number of aliphatic hydroxyl groups excluding tert-OH is 1. The average molecular weight is 780 g/mol. The number of aliphatic carboxylic acids is 1. The zero-order chi connectivity index (χ0) is 40.3. The number of Topliss-reactive ketones (excluding diaryl/α,β-unsaturated/α-hetero) is 1. The van der Waals surface area contributed by atoms with Crippen LogP contribution in [0, 0.1) is 68.0 Å². The molecule has 7 rings (SSSR count). The highest BCUT2D eigenvalue weighted by Crippen LogP contribution is 2.77. The molecule has 12 atom stereocenters. The predicted molar refractivity (Wildman–Crippen MR) is 213 cm³/mol. The Morgan fingerprint density at radius 2 is 1.62 bits per heavy atom. The molecule has 0 bridgehead atoms. The van der Waals surface area contributed by atoms with Crippen molar-refractivity contribution < 1.29 is 34.1 Å². The van der Waals surface area contributed by atoms with Crippen LogP contribution in [0.5, 0.6) is 0 Å². The number of ether oxygens (including phenoxy) is 1. The molecule has 55 heavy (non-hydrogen) atoms. The molecule has 3 N–H and O–H groups in total. The highest BCUT2D eigenvalue weighted by molar-refractivity contribution is 6.22. The van der Waals surface area contributed by atoms with Gasteiger partial charge in [-0.05, 0) is 115 Å². The van der Waals surface area contributed by atoms with Crippen molar-refractivity contribution >= 4 is 35.2 Å². The molecule has 9 heteroatoms. The lowest BCUT2D eigenvalue weighted by Crippen LogP contribution is -2.66. The number of fused-ring (bicyclic) bond motifs is 7. The van der Waals surface area contributed by atoms with Crippen molar-refractivity contribution in [2.45, 2.75) is 151 Å². The highest BCUT2D eigenvalue weighted by Gasteiger charge is 2.71. The van der Waals surface area contributed by atoms with E-state index >= 15 is 0 Å². The lowest BCUT2D eigenvalue weighted by Gasteiger charge is -2.72. The molecule has 8 nitrogen and oxygen atoms in total. The Bertz CT molecular complexity index is 1740. The highest BCUT2D eigenvalue weighted by atomic mass is 35.5. The summed E-state index contributed by atoms with van der Waals surface area (Å²) in [5.74, 6) is -1.02. The lowest BCUT2D eigenvalue weighted by molar-refractivity contribution is -0.238. The van der Waals surface area contributed by atoms with E-state index < -0.39 is 34.7 Å². The summed E-state index contributed by atoms with van der Waals surface area (Å²) in [5, 5.41) is 24.7. The van der Waals surface area contributed by atoms with Crippen LogP contribution in [0.15, 0.2) is 34.9 Å². The Labute approximate surface area is 333 Å². The summed E-state index contributed by atoms with van der Waals surface area (Å²) in [6.45, 7) is 20.2. The van der Waals surface area contributed by atoms with Crippen LogP contribution in [0.4, 0.5) is 0 Å². The molecule has 1 amide bonds. The molecule has 0 aromatic heterocycles. The number of aliphatic hydroxyl groups is 1. The monoisotopic (exact) mass is 779 g/mol. The standard InChI is InChI=1S/C46H66ClNO7/c1-25(2)36-31(49)23-46(34(50)24-48-38(51)26-10-12-27(47)13-11-26)21-20-44(8)28(37(36)46)14-15-33-43(7)18-17-35(42(5,6)32(43)16-19-45(33,44)9)55-40(54)30-22-29(39(52)53)41(30,3)4/h10-12,25,27-30,32-35,50H,13-24H2,1-9H3,(H,48,51)(H,52,53)/t27?,28-,29?,30+,32?,33-,34+,35?,43?,44-,45?,46+/m1/s1. The van der Waals surface area contributed by atoms with Crippen LogP contribution >= 0.6 is 11.6 Å². The van der Waals surface area contributed by atoms with Crippen LogP contribution in [0.25, 0.3) is 0 Å². The minimum Gasteiger partial charge on any atom is -0.481 e. The van der Waals surface area contributed by atoms with Gasteiger partial charge in [0, 0.05) is 29.4 Å². The molecule has 0 radical (unpaired) electrons. The van der Waals surface area contributed by atoms with Crippen LogP contribution in [-0.2, 0) is 23.9 Å². The van der Waals surface area contributed by atoms with Crippen molar-refractivity contribution in [3.63, 3.8) is 0 Å². The summed E-state index contributed by atoms with van der Waals surface area (Å²) >= 11 is 6.19. The van der Waals surface area contributed by atoms with Gasteiger partial charge in [-0.2, -0.15) is 0 Å². The largest absolute Gasteiger partial charge is 0.481 e. The number of ketones is 1. The lowest BCUT2D eigenvalue weighted by atomic mass is 9.33. The minimum absolute atomic E-state index is 0.00862. The third-order valence-corrected chi connectivity index (χ3v) is 18.3. The van der Waals surface area contributed by atoms with E-state index in [2.05, 4.69) is 53.8 Å². The minimum atomic E-state index is -0.872. The molecule has 0 aliphatic heterocycles. The summed E-state index contributed by atoms with van der Waals surface area (Å²) in [7, 11) is 0. The predicted octanol–water partition coefficient (Wildman–Crippen LogP) is 8.60. The van der Waals surface area contributed by atoms with Gasteiger partial charge in [-0.3, -0.25) is 19.2 Å². The van der Waals surface area contributed by atoms with Crippen LogP contribution in [0.1, 0.15) is 133 Å². The Morgan fingerprint density at radius 3 is 2.24 bits per heavy atom. The second kappa shape index (κ2) is 13.6. The van der Waals surface area contributed by atoms with E-state index in [1.165, 1.54) is 5.57 Å². The van der Waals surface area contributed by atoms with Crippen molar-refractivity contribution in [1.82, 2.24) is 5.32 Å². The Morgan fingerprint density at radius 1 is 0.909 bits per heavy atom. The number of rotatable bonds is 8. The van der Waals surface area contributed by atoms with Crippen molar-refractivity contribution in [2.24, 2.45) is 68.0 Å². The van der Waals surface area contributed by atoms with Crippen molar-refractivity contribution in [3.8, 4) is 0 Å². The first-order valence-corrected chi connectivity index (χ1v) is 21.7. The first-order valence-electron chi connectivity index (χ1n) is 21.3. The number of carboxylic acids is 1. The second-order valence-corrected chi connectivity index (χ2v) is 21.7. The van der Waals surface area contributed by atoms with E-state index in [-0.39, 0.29) is 69.2 Å². The molecular weight excluding hydrogens is 714 g/mol. The maximum atomic E-state index is 14.1. The number of carbonyl (C=O) groups excluding carboxylic acids is 3. The molecule has 5 fully saturated rings. The van der Waals surface area contributed by atoms with Gasteiger partial charge in [0.2, 0.25) is 0 Å². The maximum Gasteiger partial charge on any atom is 0.309 e. The molecule has 6 unspecified atom stereocenters. The number of carbonyl (C=O) groups is 4. The smallest absolute Gasteiger partial charge is 0.309 e. The average Bonchev–Trinajstić information content (AvgIpc) is 3.41. The van der Waals surface area contributed by atoms with E-state index in [4.69, 9.17) is 16.3 Å². The van der Waals surface area contributed by atoms with Crippen LogP contribution in [-0.4, -0.2) is 58.0 Å². The van der Waals surface area contributed by atoms with E-state index in [1.54, 1.807) is 6.08 Å². The van der Waals surface area contributed by atoms with E-state index in [0.29, 0.717) is 36.7 Å². The van der Waals surface area contributed by atoms with Crippen LogP contribution < -0.4 is 5.32 Å². The van der Waals surface area contributed by atoms with Crippen molar-refractivity contribution in [3.05, 3.63) is 34.9 Å². The summed E-state index contributed by atoms with van der Waals surface area (Å²) in [6, 6.07) is 0. The van der Waals surface area contributed by atoms with Gasteiger partial charge in [-0.1, -0.05) is 86.1 Å². The van der Waals surface area contributed by atoms with E-state index in [1.807, 2.05) is 26.0 Å². The molecule has 0 spiro atoms. The number of carboxylic acid groups (broad SMARTS) is 1. The summed E-state index contributed by atoms with van der Waals surface area (Å²) in [4.78, 5) is 52.6.